The zero-order chi connectivity index (χ0) is 35.8. The highest BCUT2D eigenvalue weighted by molar-refractivity contribution is 6.17. The fourth-order valence-electron chi connectivity index (χ4n) is 9.35. The monoisotopic (exact) mass is 689 g/mol. The van der Waals surface area contributed by atoms with E-state index >= 15 is 0 Å². The average Bonchev–Trinajstić information content (AvgIpc) is 3.76. The van der Waals surface area contributed by atoms with Crippen LogP contribution in [0.3, 0.4) is 0 Å². The third-order valence-electron chi connectivity index (χ3n) is 11.5. The summed E-state index contributed by atoms with van der Waals surface area (Å²) in [5, 5.41) is 7.14. The molecule has 0 aliphatic heterocycles. The van der Waals surface area contributed by atoms with Crippen molar-refractivity contribution in [3.8, 4) is 11.1 Å². The summed E-state index contributed by atoms with van der Waals surface area (Å²) in [4.78, 5) is 2.43. The number of furan rings is 1. The average molecular weight is 690 g/mol. The van der Waals surface area contributed by atoms with Gasteiger partial charge in [0.15, 0.2) is 5.58 Å². The number of benzene rings is 9. The standard InChI is InChI=1S/C52H35NO/c1-34-16-14-22-38(32-34)53(46-28-15-27-43-41-25-12-13-29-48(41)54-51(43)46)47-33-45-50(42-26-11-10-24-40(42)47)49-39-23-9-8-17-35(39)30-31-44(49)52(45,36-18-4-2-5-19-36)37-20-6-3-7-21-37/h2-33H,1H3. The summed E-state index contributed by atoms with van der Waals surface area (Å²) in [7, 11) is 0. The van der Waals surface area contributed by atoms with Crippen molar-refractivity contribution in [1.29, 1.82) is 0 Å². The topological polar surface area (TPSA) is 16.4 Å². The number of hydrogen-bond acceptors (Lipinski definition) is 2. The van der Waals surface area contributed by atoms with E-state index in [-0.39, 0.29) is 0 Å². The molecule has 0 unspecified atom stereocenters. The molecule has 0 radical (unpaired) electrons. The lowest BCUT2D eigenvalue weighted by atomic mass is 9.67. The maximum atomic E-state index is 6.78. The zero-order valence-corrected chi connectivity index (χ0v) is 29.8. The Morgan fingerprint density at radius 3 is 1.80 bits per heavy atom. The minimum atomic E-state index is -0.584. The van der Waals surface area contributed by atoms with Crippen molar-refractivity contribution in [3.63, 3.8) is 0 Å². The molecule has 0 spiro atoms. The van der Waals surface area contributed by atoms with Gasteiger partial charge in [0.1, 0.15) is 5.58 Å². The molecule has 1 aliphatic carbocycles. The van der Waals surface area contributed by atoms with E-state index < -0.39 is 5.41 Å². The van der Waals surface area contributed by atoms with E-state index in [4.69, 9.17) is 4.42 Å². The van der Waals surface area contributed by atoms with E-state index in [9.17, 15) is 0 Å². The molecule has 54 heavy (non-hydrogen) atoms. The molecule has 2 heteroatoms. The van der Waals surface area contributed by atoms with Crippen LogP contribution in [-0.4, -0.2) is 0 Å². The first kappa shape index (κ1) is 30.7. The molecule has 1 aliphatic rings. The second-order valence-electron chi connectivity index (χ2n) is 14.5. The smallest absolute Gasteiger partial charge is 0.159 e. The van der Waals surface area contributed by atoms with Crippen LogP contribution in [0.5, 0.6) is 0 Å². The van der Waals surface area contributed by atoms with Gasteiger partial charge in [-0.1, -0.05) is 164 Å². The van der Waals surface area contributed by atoms with E-state index in [1.54, 1.807) is 0 Å². The summed E-state index contributed by atoms with van der Waals surface area (Å²) in [5.74, 6) is 0. The summed E-state index contributed by atoms with van der Waals surface area (Å²) in [6, 6.07) is 71.0. The molecule has 0 fully saturated rings. The van der Waals surface area contributed by atoms with E-state index in [2.05, 4.69) is 200 Å². The molecule has 0 saturated heterocycles. The van der Waals surface area contributed by atoms with Crippen molar-refractivity contribution < 1.29 is 4.42 Å². The van der Waals surface area contributed by atoms with Gasteiger partial charge in [-0.05, 0) is 92.4 Å². The molecule has 0 saturated carbocycles. The first-order valence-electron chi connectivity index (χ1n) is 18.7. The lowest BCUT2D eigenvalue weighted by Gasteiger charge is -2.35. The maximum absolute atomic E-state index is 6.78. The summed E-state index contributed by atoms with van der Waals surface area (Å²) < 4.78 is 6.78. The summed E-state index contributed by atoms with van der Waals surface area (Å²) >= 11 is 0. The normalized spacial score (nSPS) is 13.1. The van der Waals surface area contributed by atoms with E-state index in [0.29, 0.717) is 0 Å². The Bertz CT molecular complexity index is 3030. The van der Waals surface area contributed by atoms with Gasteiger partial charge >= 0.3 is 0 Å². The Labute approximate surface area is 314 Å². The molecule has 0 N–H and O–H groups in total. The molecule has 2 nitrogen and oxygen atoms in total. The molecule has 0 atom stereocenters. The van der Waals surface area contributed by atoms with Crippen molar-refractivity contribution in [2.24, 2.45) is 0 Å². The largest absolute Gasteiger partial charge is 0.454 e. The van der Waals surface area contributed by atoms with E-state index in [1.165, 1.54) is 60.5 Å². The maximum Gasteiger partial charge on any atom is 0.159 e. The van der Waals surface area contributed by atoms with Crippen LogP contribution in [0.2, 0.25) is 0 Å². The molecule has 0 amide bonds. The van der Waals surface area contributed by atoms with Gasteiger partial charge in [0.05, 0.1) is 16.8 Å². The second kappa shape index (κ2) is 11.8. The highest BCUT2D eigenvalue weighted by Crippen LogP contribution is 2.61. The molecule has 0 bridgehead atoms. The zero-order valence-electron chi connectivity index (χ0n) is 29.8. The summed E-state index contributed by atoms with van der Waals surface area (Å²) in [6.45, 7) is 2.17. The van der Waals surface area contributed by atoms with Crippen LogP contribution in [0.25, 0.3) is 54.6 Å². The van der Waals surface area contributed by atoms with Crippen LogP contribution < -0.4 is 4.90 Å². The number of aryl methyl sites for hydroxylation is 1. The Hall–Kier alpha value is -6.90. The molecule has 1 aromatic heterocycles. The minimum absolute atomic E-state index is 0.584. The number of nitrogens with zero attached hydrogens (tertiary/aromatic N) is 1. The van der Waals surface area contributed by atoms with Gasteiger partial charge in [-0.15, -0.1) is 0 Å². The van der Waals surface area contributed by atoms with Gasteiger partial charge in [-0.25, -0.2) is 0 Å². The van der Waals surface area contributed by atoms with Crippen LogP contribution in [0.4, 0.5) is 17.1 Å². The third-order valence-corrected chi connectivity index (χ3v) is 11.5. The van der Waals surface area contributed by atoms with E-state index in [0.717, 1.165) is 39.0 Å². The van der Waals surface area contributed by atoms with Gasteiger partial charge < -0.3 is 9.32 Å². The number of fused-ring (bicyclic) bond motifs is 10. The van der Waals surface area contributed by atoms with Gasteiger partial charge in [0, 0.05) is 21.8 Å². The SMILES string of the molecule is Cc1cccc(N(c2cc3c(c4ccccc24)-c2c(ccc4ccccc24)C3(c2ccccc2)c2ccccc2)c2cccc3c2oc2ccccc23)c1. The number of anilines is 3. The van der Waals surface area contributed by atoms with Crippen molar-refractivity contribution in [2.45, 2.75) is 12.3 Å². The predicted molar refractivity (Wildman–Crippen MR) is 225 cm³/mol. The lowest BCUT2D eigenvalue weighted by molar-refractivity contribution is 0.669. The van der Waals surface area contributed by atoms with Crippen LogP contribution >= 0.6 is 0 Å². The molecule has 254 valence electrons. The van der Waals surface area contributed by atoms with Crippen molar-refractivity contribution >= 4 is 60.5 Å². The Kier molecular flexibility index (Phi) is 6.72. The van der Waals surface area contributed by atoms with Gasteiger partial charge in [-0.2, -0.15) is 0 Å². The summed E-state index contributed by atoms with van der Waals surface area (Å²) in [5.41, 5.74) is 13.2. The highest BCUT2D eigenvalue weighted by atomic mass is 16.3. The molecule has 10 aromatic rings. The van der Waals surface area contributed by atoms with Crippen molar-refractivity contribution in [2.75, 3.05) is 4.90 Å². The fourth-order valence-corrected chi connectivity index (χ4v) is 9.35. The Morgan fingerprint density at radius 1 is 0.426 bits per heavy atom. The first-order chi connectivity index (χ1) is 26.7. The number of para-hydroxylation sites is 2. The van der Waals surface area contributed by atoms with E-state index in [1.807, 2.05) is 6.07 Å². The van der Waals surface area contributed by atoms with Crippen molar-refractivity contribution in [3.05, 3.63) is 222 Å². The first-order valence-corrected chi connectivity index (χ1v) is 18.7. The number of rotatable bonds is 5. The molecule has 1 heterocycles. The van der Waals surface area contributed by atoms with Crippen LogP contribution in [0.1, 0.15) is 27.8 Å². The Morgan fingerprint density at radius 2 is 1.04 bits per heavy atom. The van der Waals surface area contributed by atoms with Gasteiger partial charge in [0.2, 0.25) is 0 Å². The summed E-state index contributed by atoms with van der Waals surface area (Å²) in [6.07, 6.45) is 0. The molecular formula is C52H35NO. The quantitative estimate of drug-likeness (QED) is 0.179. The lowest BCUT2D eigenvalue weighted by Crippen LogP contribution is -2.28. The molecule has 11 rings (SSSR count). The highest BCUT2D eigenvalue weighted by Gasteiger charge is 2.48. The van der Waals surface area contributed by atoms with Crippen LogP contribution in [0.15, 0.2) is 199 Å². The second-order valence-corrected chi connectivity index (χ2v) is 14.5. The van der Waals surface area contributed by atoms with Crippen molar-refractivity contribution in [1.82, 2.24) is 0 Å². The Balaban J connectivity index is 1.34. The molecular weight excluding hydrogens is 655 g/mol. The minimum Gasteiger partial charge on any atom is -0.454 e. The van der Waals surface area contributed by atoms with Gasteiger partial charge in [-0.3, -0.25) is 0 Å². The van der Waals surface area contributed by atoms with Crippen LogP contribution in [-0.2, 0) is 5.41 Å². The fraction of sp³-hybridized carbons (Fsp3) is 0.0385. The van der Waals surface area contributed by atoms with Gasteiger partial charge in [0.25, 0.3) is 0 Å². The number of hydrogen-bond donors (Lipinski definition) is 0. The third kappa shape index (κ3) is 4.28. The van der Waals surface area contributed by atoms with Crippen LogP contribution in [0, 0.1) is 6.92 Å². The predicted octanol–water partition coefficient (Wildman–Crippen LogP) is 14.0. The molecule has 9 aromatic carbocycles.